The van der Waals surface area contributed by atoms with Crippen LogP contribution in [0.15, 0.2) is 0 Å². The third kappa shape index (κ3) is 9.20. The molecule has 0 heterocycles. The summed E-state index contributed by atoms with van der Waals surface area (Å²) < 4.78 is 0. The molecular weight excluding hydrogens is 270 g/mol. The molecule has 0 saturated heterocycles. The Morgan fingerprint density at radius 2 is 1.50 bits per heavy atom. The zero-order chi connectivity index (χ0) is 15.4. The molecule has 0 saturated carbocycles. The maximum atomic E-state index is 10.4. The fraction of sp³-hybridized carbons (Fsp3) is 1.00. The van der Waals surface area contributed by atoms with Crippen molar-refractivity contribution in [2.75, 3.05) is 6.54 Å². The molecule has 0 aromatic rings. The lowest BCUT2D eigenvalue weighted by atomic mass is 9.92. The highest BCUT2D eigenvalue weighted by Crippen LogP contribution is 2.22. The van der Waals surface area contributed by atoms with E-state index < -0.39 is 6.10 Å². The van der Waals surface area contributed by atoms with Gasteiger partial charge in [-0.15, -0.1) is 11.6 Å². The van der Waals surface area contributed by atoms with E-state index in [1.165, 1.54) is 38.5 Å². The van der Waals surface area contributed by atoms with Crippen molar-refractivity contribution in [2.24, 2.45) is 0 Å². The SMILES string of the molecule is CCCCCCCCCC(Cl)C(O)C(C)(C)NCCC. The van der Waals surface area contributed by atoms with E-state index in [1.807, 2.05) is 13.8 Å². The van der Waals surface area contributed by atoms with Gasteiger partial charge in [-0.25, -0.2) is 0 Å². The molecule has 2 atom stereocenters. The summed E-state index contributed by atoms with van der Waals surface area (Å²) in [5.41, 5.74) is -0.302. The molecule has 122 valence electrons. The monoisotopic (exact) mass is 305 g/mol. The van der Waals surface area contributed by atoms with E-state index in [9.17, 15) is 5.11 Å². The van der Waals surface area contributed by atoms with Crippen molar-refractivity contribution in [3.8, 4) is 0 Å². The molecule has 3 heteroatoms. The molecule has 20 heavy (non-hydrogen) atoms. The van der Waals surface area contributed by atoms with E-state index in [1.54, 1.807) is 0 Å². The van der Waals surface area contributed by atoms with Gasteiger partial charge in [0.25, 0.3) is 0 Å². The van der Waals surface area contributed by atoms with Crippen LogP contribution in [0.5, 0.6) is 0 Å². The second-order valence-corrected chi connectivity index (χ2v) is 7.08. The topological polar surface area (TPSA) is 32.3 Å². The Hall–Kier alpha value is 0.210. The number of hydrogen-bond acceptors (Lipinski definition) is 2. The van der Waals surface area contributed by atoms with Crippen LogP contribution in [-0.4, -0.2) is 28.7 Å². The summed E-state index contributed by atoms with van der Waals surface area (Å²) in [5, 5.41) is 13.6. The highest BCUT2D eigenvalue weighted by molar-refractivity contribution is 6.21. The van der Waals surface area contributed by atoms with Gasteiger partial charge < -0.3 is 10.4 Å². The van der Waals surface area contributed by atoms with Crippen LogP contribution in [0.3, 0.4) is 0 Å². The molecule has 0 spiro atoms. The maximum Gasteiger partial charge on any atom is 0.0879 e. The van der Waals surface area contributed by atoms with Crippen LogP contribution in [0.1, 0.15) is 85.5 Å². The van der Waals surface area contributed by atoms with Crippen LogP contribution in [-0.2, 0) is 0 Å². The molecule has 0 aliphatic rings. The van der Waals surface area contributed by atoms with Crippen LogP contribution in [0.2, 0.25) is 0 Å². The minimum Gasteiger partial charge on any atom is -0.390 e. The Kier molecular flexibility index (Phi) is 11.9. The van der Waals surface area contributed by atoms with E-state index in [0.29, 0.717) is 0 Å². The fourth-order valence-electron chi connectivity index (χ4n) is 2.46. The van der Waals surface area contributed by atoms with Gasteiger partial charge in [-0.1, -0.05) is 58.8 Å². The summed E-state index contributed by atoms with van der Waals surface area (Å²) in [6, 6.07) is 0. The molecule has 2 N–H and O–H groups in total. The number of aliphatic hydroxyl groups excluding tert-OH is 1. The van der Waals surface area contributed by atoms with E-state index >= 15 is 0 Å². The van der Waals surface area contributed by atoms with Crippen LogP contribution in [0.4, 0.5) is 0 Å². The lowest BCUT2D eigenvalue weighted by Gasteiger charge is -2.34. The van der Waals surface area contributed by atoms with Crippen LogP contribution >= 0.6 is 11.6 Å². The second-order valence-electron chi connectivity index (χ2n) is 6.52. The van der Waals surface area contributed by atoms with Crippen molar-refractivity contribution in [3.63, 3.8) is 0 Å². The smallest absolute Gasteiger partial charge is 0.0879 e. The summed E-state index contributed by atoms with van der Waals surface area (Å²) in [7, 11) is 0. The molecule has 0 aliphatic heterocycles. The first-order chi connectivity index (χ1) is 9.45. The summed E-state index contributed by atoms with van der Waals surface area (Å²) in [6.45, 7) is 9.37. The van der Waals surface area contributed by atoms with E-state index in [-0.39, 0.29) is 10.9 Å². The number of unbranched alkanes of at least 4 members (excludes halogenated alkanes) is 6. The van der Waals surface area contributed by atoms with Crippen molar-refractivity contribution < 1.29 is 5.11 Å². The highest BCUT2D eigenvalue weighted by atomic mass is 35.5. The normalized spacial score (nSPS) is 15.3. The van der Waals surface area contributed by atoms with Gasteiger partial charge in [0.1, 0.15) is 0 Å². The Bertz CT molecular complexity index is 221. The lowest BCUT2D eigenvalue weighted by Crippen LogP contribution is -2.53. The first-order valence-electron chi connectivity index (χ1n) is 8.52. The Morgan fingerprint density at radius 1 is 0.950 bits per heavy atom. The van der Waals surface area contributed by atoms with Gasteiger partial charge in [0, 0.05) is 5.54 Å². The average molecular weight is 306 g/mol. The zero-order valence-electron chi connectivity index (χ0n) is 14.1. The van der Waals surface area contributed by atoms with Gasteiger partial charge in [-0.05, 0) is 33.2 Å². The summed E-state index contributed by atoms with van der Waals surface area (Å²) in [4.78, 5) is 0. The van der Waals surface area contributed by atoms with Crippen molar-refractivity contribution >= 4 is 11.6 Å². The van der Waals surface area contributed by atoms with Crippen LogP contribution < -0.4 is 5.32 Å². The van der Waals surface area contributed by atoms with Gasteiger partial charge in [0.05, 0.1) is 11.5 Å². The van der Waals surface area contributed by atoms with Crippen molar-refractivity contribution in [1.29, 1.82) is 0 Å². The van der Waals surface area contributed by atoms with Crippen LogP contribution in [0, 0.1) is 0 Å². The predicted octanol–water partition coefficient (Wildman–Crippen LogP) is 4.87. The number of aliphatic hydroxyl groups is 1. The molecule has 0 aliphatic carbocycles. The van der Waals surface area contributed by atoms with E-state index in [0.717, 1.165) is 25.8 Å². The number of hydrogen-bond donors (Lipinski definition) is 2. The Morgan fingerprint density at radius 3 is 2.05 bits per heavy atom. The first kappa shape index (κ1) is 20.2. The third-order valence-corrected chi connectivity index (χ3v) is 4.45. The molecule has 2 nitrogen and oxygen atoms in total. The molecule has 0 bridgehead atoms. The fourth-order valence-corrected chi connectivity index (χ4v) is 2.93. The van der Waals surface area contributed by atoms with E-state index in [2.05, 4.69) is 19.2 Å². The van der Waals surface area contributed by atoms with Crippen molar-refractivity contribution in [1.82, 2.24) is 5.32 Å². The summed E-state index contributed by atoms with van der Waals surface area (Å²) in [6.07, 6.45) is 10.5. The Labute approximate surface area is 131 Å². The number of halogens is 1. The summed E-state index contributed by atoms with van der Waals surface area (Å²) in [5.74, 6) is 0. The molecule has 0 fully saturated rings. The Balaban J connectivity index is 3.76. The minimum absolute atomic E-state index is 0.148. The number of rotatable bonds is 13. The van der Waals surface area contributed by atoms with Gasteiger partial charge in [0.2, 0.25) is 0 Å². The quantitative estimate of drug-likeness (QED) is 0.376. The third-order valence-electron chi connectivity index (χ3n) is 4.00. The molecule has 0 radical (unpaired) electrons. The molecule has 0 rings (SSSR count). The predicted molar refractivity (Wildman–Crippen MR) is 90.6 cm³/mol. The largest absolute Gasteiger partial charge is 0.390 e. The standard InChI is InChI=1S/C17H36ClNO/c1-5-7-8-9-10-11-12-13-15(18)16(20)17(3,4)19-14-6-2/h15-16,19-20H,5-14H2,1-4H3. The number of alkyl halides is 1. The molecule has 2 unspecified atom stereocenters. The maximum absolute atomic E-state index is 10.4. The van der Waals surface area contributed by atoms with Gasteiger partial charge in [-0.3, -0.25) is 0 Å². The second kappa shape index (κ2) is 11.8. The average Bonchev–Trinajstić information content (AvgIpc) is 2.43. The van der Waals surface area contributed by atoms with Gasteiger partial charge >= 0.3 is 0 Å². The van der Waals surface area contributed by atoms with Crippen molar-refractivity contribution in [3.05, 3.63) is 0 Å². The van der Waals surface area contributed by atoms with Crippen LogP contribution in [0.25, 0.3) is 0 Å². The molecular formula is C17H36ClNO. The minimum atomic E-state index is -0.490. The summed E-state index contributed by atoms with van der Waals surface area (Å²) >= 11 is 6.37. The molecule has 0 aromatic carbocycles. The zero-order valence-corrected chi connectivity index (χ0v) is 14.8. The lowest BCUT2D eigenvalue weighted by molar-refractivity contribution is 0.0739. The first-order valence-corrected chi connectivity index (χ1v) is 8.96. The van der Waals surface area contributed by atoms with Gasteiger partial charge in [-0.2, -0.15) is 0 Å². The molecule has 0 aromatic heterocycles. The highest BCUT2D eigenvalue weighted by Gasteiger charge is 2.32. The molecule has 0 amide bonds. The van der Waals surface area contributed by atoms with E-state index in [4.69, 9.17) is 11.6 Å². The van der Waals surface area contributed by atoms with Gasteiger partial charge in [0.15, 0.2) is 0 Å². The number of nitrogens with one attached hydrogen (secondary N) is 1. The van der Waals surface area contributed by atoms with Crippen molar-refractivity contribution in [2.45, 2.75) is 103 Å².